The predicted molar refractivity (Wildman–Crippen MR) is 55.7 cm³/mol. The van der Waals surface area contributed by atoms with Gasteiger partial charge in [-0.3, -0.25) is 0 Å². The first-order valence-corrected chi connectivity index (χ1v) is 4.61. The summed E-state index contributed by atoms with van der Waals surface area (Å²) in [6, 6.07) is 5.59. The molecule has 0 atom stereocenters. The fourth-order valence-electron chi connectivity index (χ4n) is 1.10. The van der Waals surface area contributed by atoms with E-state index in [1.807, 2.05) is 18.2 Å². The molecule has 0 saturated carbocycles. The fourth-order valence-corrected chi connectivity index (χ4v) is 2.35. The summed E-state index contributed by atoms with van der Waals surface area (Å²) in [6.45, 7) is 0. The zero-order valence-electron chi connectivity index (χ0n) is 6.17. The number of halogens is 1. The van der Waals surface area contributed by atoms with Gasteiger partial charge in [-0.05, 0) is 18.2 Å². The molecule has 0 aliphatic carbocycles. The van der Waals surface area contributed by atoms with Crippen molar-refractivity contribution in [1.82, 2.24) is 0 Å². The molecule has 0 unspecified atom stereocenters. The van der Waals surface area contributed by atoms with Crippen molar-refractivity contribution in [2.75, 3.05) is 11.5 Å². The molecule has 1 aromatic carbocycles. The largest absolute Gasteiger partial charge is 0.399 e. The molecule has 4 heteroatoms. The number of thiophene rings is 1. The van der Waals surface area contributed by atoms with Crippen LogP contribution in [0.25, 0.3) is 10.1 Å². The van der Waals surface area contributed by atoms with Gasteiger partial charge in [0, 0.05) is 15.8 Å². The normalized spacial score (nSPS) is 10.8. The van der Waals surface area contributed by atoms with Gasteiger partial charge < -0.3 is 11.5 Å². The van der Waals surface area contributed by atoms with Crippen LogP contribution in [-0.2, 0) is 0 Å². The maximum absolute atomic E-state index is 5.86. The Kier molecular flexibility index (Phi) is 1.63. The van der Waals surface area contributed by atoms with E-state index in [1.54, 1.807) is 0 Å². The molecule has 0 saturated heterocycles. The molecule has 0 amide bonds. The summed E-state index contributed by atoms with van der Waals surface area (Å²) in [5.41, 5.74) is 12.7. The van der Waals surface area contributed by atoms with Crippen molar-refractivity contribution < 1.29 is 0 Å². The van der Waals surface area contributed by atoms with Crippen LogP contribution in [0.4, 0.5) is 11.4 Å². The first-order valence-electron chi connectivity index (χ1n) is 3.41. The molecule has 1 heterocycles. The fraction of sp³-hybridized carbons (Fsp3) is 0. The Balaban J connectivity index is 2.87. The summed E-state index contributed by atoms with van der Waals surface area (Å²) >= 11 is 7.31. The van der Waals surface area contributed by atoms with Gasteiger partial charge in [-0.2, -0.15) is 0 Å². The van der Waals surface area contributed by atoms with Crippen LogP contribution in [0, 0.1) is 0 Å². The van der Waals surface area contributed by atoms with Crippen LogP contribution in [0.15, 0.2) is 18.2 Å². The summed E-state index contributed by atoms with van der Waals surface area (Å²) in [7, 11) is 0. The summed E-state index contributed by atoms with van der Waals surface area (Å²) in [5.74, 6) is 0. The average molecular weight is 199 g/mol. The van der Waals surface area contributed by atoms with Gasteiger partial charge in [0.2, 0.25) is 0 Å². The third kappa shape index (κ3) is 1.02. The number of benzene rings is 1. The number of hydrogen-bond acceptors (Lipinski definition) is 3. The molecular weight excluding hydrogens is 192 g/mol. The van der Waals surface area contributed by atoms with Crippen LogP contribution in [0.1, 0.15) is 0 Å². The number of nitrogens with two attached hydrogens (primary N) is 2. The van der Waals surface area contributed by atoms with Crippen LogP contribution in [0.2, 0.25) is 4.34 Å². The lowest BCUT2D eigenvalue weighted by molar-refractivity contribution is 1.78. The second kappa shape index (κ2) is 2.54. The maximum Gasteiger partial charge on any atom is 0.117 e. The van der Waals surface area contributed by atoms with Gasteiger partial charge in [0.05, 0.1) is 5.69 Å². The van der Waals surface area contributed by atoms with Crippen LogP contribution in [-0.4, -0.2) is 0 Å². The van der Waals surface area contributed by atoms with E-state index in [2.05, 4.69) is 0 Å². The van der Waals surface area contributed by atoms with Gasteiger partial charge in [0.25, 0.3) is 0 Å². The van der Waals surface area contributed by atoms with E-state index in [0.29, 0.717) is 10.0 Å². The minimum atomic E-state index is 0.635. The van der Waals surface area contributed by atoms with E-state index in [0.717, 1.165) is 15.8 Å². The van der Waals surface area contributed by atoms with Crippen molar-refractivity contribution in [3.8, 4) is 0 Å². The Morgan fingerprint density at radius 2 is 2.00 bits per heavy atom. The van der Waals surface area contributed by atoms with Gasteiger partial charge in [-0.15, -0.1) is 11.3 Å². The molecule has 0 aliphatic rings. The molecule has 2 aromatic rings. The SMILES string of the molecule is Nc1ccc2c(N)c(Cl)sc2c1. The molecule has 62 valence electrons. The molecule has 1 aromatic heterocycles. The highest BCUT2D eigenvalue weighted by atomic mass is 35.5. The number of rotatable bonds is 0. The Morgan fingerprint density at radius 1 is 1.25 bits per heavy atom. The molecule has 12 heavy (non-hydrogen) atoms. The predicted octanol–water partition coefficient (Wildman–Crippen LogP) is 2.72. The third-order valence-electron chi connectivity index (χ3n) is 1.71. The van der Waals surface area contributed by atoms with Crippen LogP contribution >= 0.6 is 22.9 Å². The Labute approximate surface area is 78.7 Å². The van der Waals surface area contributed by atoms with Crippen molar-refractivity contribution >= 4 is 44.4 Å². The molecule has 0 aliphatic heterocycles. The van der Waals surface area contributed by atoms with Crippen LogP contribution in [0.3, 0.4) is 0 Å². The first-order chi connectivity index (χ1) is 5.68. The highest BCUT2D eigenvalue weighted by Gasteiger charge is 2.06. The van der Waals surface area contributed by atoms with Crippen molar-refractivity contribution in [3.05, 3.63) is 22.5 Å². The number of anilines is 2. The van der Waals surface area contributed by atoms with Crippen molar-refractivity contribution in [3.63, 3.8) is 0 Å². The quantitative estimate of drug-likeness (QED) is 0.640. The van der Waals surface area contributed by atoms with Crippen molar-refractivity contribution in [1.29, 1.82) is 0 Å². The summed E-state index contributed by atoms with van der Waals surface area (Å²) in [6.07, 6.45) is 0. The summed E-state index contributed by atoms with van der Waals surface area (Å²) < 4.78 is 1.67. The molecule has 2 rings (SSSR count). The van der Waals surface area contributed by atoms with E-state index in [1.165, 1.54) is 11.3 Å². The van der Waals surface area contributed by atoms with Gasteiger partial charge in [0.15, 0.2) is 0 Å². The van der Waals surface area contributed by atoms with E-state index >= 15 is 0 Å². The Hall–Kier alpha value is -0.930. The Bertz CT molecular complexity index is 436. The standard InChI is InChI=1S/C8H7ClN2S/c9-8-7(11)5-2-1-4(10)3-6(5)12-8/h1-3H,10-11H2. The molecule has 0 fully saturated rings. The second-order valence-electron chi connectivity index (χ2n) is 2.55. The first kappa shape index (κ1) is 7.71. The summed E-state index contributed by atoms with van der Waals surface area (Å²) in [4.78, 5) is 0. The summed E-state index contributed by atoms with van der Waals surface area (Å²) in [5, 5.41) is 0.985. The van der Waals surface area contributed by atoms with E-state index in [4.69, 9.17) is 23.1 Å². The molecule has 2 nitrogen and oxygen atoms in total. The highest BCUT2D eigenvalue weighted by molar-refractivity contribution is 7.23. The average Bonchev–Trinajstić information content (AvgIpc) is 2.28. The van der Waals surface area contributed by atoms with Crippen LogP contribution in [0.5, 0.6) is 0 Å². The lowest BCUT2D eigenvalue weighted by Crippen LogP contribution is -1.84. The number of hydrogen-bond donors (Lipinski definition) is 2. The van der Waals surface area contributed by atoms with Gasteiger partial charge in [-0.25, -0.2) is 0 Å². The van der Waals surface area contributed by atoms with Gasteiger partial charge in [0.1, 0.15) is 4.34 Å². The number of fused-ring (bicyclic) bond motifs is 1. The van der Waals surface area contributed by atoms with Crippen molar-refractivity contribution in [2.24, 2.45) is 0 Å². The van der Waals surface area contributed by atoms with Gasteiger partial charge >= 0.3 is 0 Å². The minimum absolute atomic E-state index is 0.635. The molecule has 0 bridgehead atoms. The molecule has 4 N–H and O–H groups in total. The van der Waals surface area contributed by atoms with E-state index in [9.17, 15) is 0 Å². The lowest BCUT2D eigenvalue weighted by Gasteiger charge is -1.92. The third-order valence-corrected chi connectivity index (χ3v) is 3.10. The maximum atomic E-state index is 5.86. The second-order valence-corrected chi connectivity index (χ2v) is 4.20. The minimum Gasteiger partial charge on any atom is -0.399 e. The molecular formula is C8H7ClN2S. The molecule has 0 radical (unpaired) electrons. The highest BCUT2D eigenvalue weighted by Crippen LogP contribution is 2.37. The van der Waals surface area contributed by atoms with Crippen LogP contribution < -0.4 is 11.5 Å². The van der Waals surface area contributed by atoms with E-state index in [-0.39, 0.29) is 0 Å². The zero-order valence-corrected chi connectivity index (χ0v) is 7.75. The van der Waals surface area contributed by atoms with Crippen molar-refractivity contribution in [2.45, 2.75) is 0 Å². The van der Waals surface area contributed by atoms with Gasteiger partial charge in [-0.1, -0.05) is 11.6 Å². The molecule has 0 spiro atoms. The monoisotopic (exact) mass is 198 g/mol. The zero-order chi connectivity index (χ0) is 8.72. The lowest BCUT2D eigenvalue weighted by atomic mass is 10.2. The Morgan fingerprint density at radius 3 is 2.75 bits per heavy atom. The topological polar surface area (TPSA) is 52.0 Å². The number of nitrogen functional groups attached to an aromatic ring is 2. The smallest absolute Gasteiger partial charge is 0.117 e. The van der Waals surface area contributed by atoms with E-state index < -0.39 is 0 Å².